The standard InChI is InChI=1S/C40H82O9/c1-9-41-37(33-29-25-21-17-19-23-27-31-35-39(43-11-3,44-12-4)45-13-5)49-38(42-10-2)34-30-26-22-18-20-24-28-32-36-40(46-14-6,47-15-7)48-16-8/h37-38H,9-36H2,1-8H3. The van der Waals surface area contributed by atoms with Gasteiger partial charge in [-0.05, 0) is 93.9 Å². The molecule has 0 aliphatic heterocycles. The second kappa shape index (κ2) is 34.7. The lowest BCUT2D eigenvalue weighted by Gasteiger charge is -2.32. The molecule has 2 unspecified atom stereocenters. The Kier molecular flexibility index (Phi) is 34.5. The number of ether oxygens (including phenoxy) is 9. The van der Waals surface area contributed by atoms with Crippen molar-refractivity contribution in [1.29, 1.82) is 0 Å². The van der Waals surface area contributed by atoms with Gasteiger partial charge in [-0.3, -0.25) is 0 Å². The predicted molar refractivity (Wildman–Crippen MR) is 199 cm³/mol. The summed E-state index contributed by atoms with van der Waals surface area (Å²) in [7, 11) is 0. The van der Waals surface area contributed by atoms with Crippen molar-refractivity contribution < 1.29 is 42.6 Å². The summed E-state index contributed by atoms with van der Waals surface area (Å²) in [6.45, 7) is 20.9. The van der Waals surface area contributed by atoms with Gasteiger partial charge >= 0.3 is 0 Å². The van der Waals surface area contributed by atoms with Crippen LogP contribution in [-0.2, 0) is 42.6 Å². The molecule has 49 heavy (non-hydrogen) atoms. The molecule has 0 aliphatic rings. The third-order valence-electron chi connectivity index (χ3n) is 8.54. The molecule has 9 heteroatoms. The normalized spacial score (nSPS) is 13.7. The maximum atomic E-state index is 6.33. The monoisotopic (exact) mass is 707 g/mol. The van der Waals surface area contributed by atoms with Crippen LogP contribution in [-0.4, -0.2) is 77.4 Å². The Hall–Kier alpha value is -0.360. The Labute approximate surface area is 303 Å². The van der Waals surface area contributed by atoms with Crippen LogP contribution in [0.1, 0.15) is 184 Å². The summed E-state index contributed by atoms with van der Waals surface area (Å²) < 4.78 is 53.3. The highest BCUT2D eigenvalue weighted by molar-refractivity contribution is 4.61. The Bertz CT molecular complexity index is 578. The molecule has 0 aromatic heterocycles. The Morgan fingerprint density at radius 2 is 0.551 bits per heavy atom. The number of unbranched alkanes of at least 4 members (excludes halogenated alkanes) is 14. The van der Waals surface area contributed by atoms with E-state index in [0.29, 0.717) is 52.9 Å². The van der Waals surface area contributed by atoms with Crippen molar-refractivity contribution in [3.8, 4) is 0 Å². The van der Waals surface area contributed by atoms with Crippen LogP contribution in [0.15, 0.2) is 0 Å². The zero-order valence-corrected chi connectivity index (χ0v) is 33.6. The molecule has 0 N–H and O–H groups in total. The highest BCUT2D eigenvalue weighted by Gasteiger charge is 2.32. The molecule has 0 spiro atoms. The summed E-state index contributed by atoms with van der Waals surface area (Å²) in [6.07, 6.45) is 22.2. The molecule has 0 amide bonds. The number of rotatable bonds is 40. The molecule has 9 nitrogen and oxygen atoms in total. The van der Waals surface area contributed by atoms with E-state index >= 15 is 0 Å². The first-order valence-electron chi connectivity index (χ1n) is 20.7. The third-order valence-corrected chi connectivity index (χ3v) is 8.54. The lowest BCUT2D eigenvalue weighted by atomic mass is 10.1. The van der Waals surface area contributed by atoms with E-state index in [4.69, 9.17) is 42.6 Å². The highest BCUT2D eigenvalue weighted by Crippen LogP contribution is 2.26. The van der Waals surface area contributed by atoms with E-state index in [1.54, 1.807) is 0 Å². The van der Waals surface area contributed by atoms with E-state index in [1.807, 2.05) is 55.4 Å². The van der Waals surface area contributed by atoms with E-state index in [1.165, 1.54) is 77.0 Å². The van der Waals surface area contributed by atoms with Crippen molar-refractivity contribution in [3.63, 3.8) is 0 Å². The fourth-order valence-electron chi connectivity index (χ4n) is 6.35. The van der Waals surface area contributed by atoms with Gasteiger partial charge < -0.3 is 42.6 Å². The van der Waals surface area contributed by atoms with Crippen molar-refractivity contribution in [3.05, 3.63) is 0 Å². The first-order chi connectivity index (χ1) is 23.9. The van der Waals surface area contributed by atoms with Gasteiger partial charge in [0.15, 0.2) is 12.6 Å². The van der Waals surface area contributed by atoms with E-state index in [2.05, 4.69) is 0 Å². The first kappa shape index (κ1) is 48.6. The largest absolute Gasteiger partial charge is 0.353 e. The highest BCUT2D eigenvalue weighted by atomic mass is 16.9. The predicted octanol–water partition coefficient (Wildman–Crippen LogP) is 11.1. The summed E-state index contributed by atoms with van der Waals surface area (Å²) in [5, 5.41) is 0. The molecule has 0 fully saturated rings. The van der Waals surface area contributed by atoms with Crippen molar-refractivity contribution in [2.24, 2.45) is 0 Å². The molecule has 0 aromatic rings. The smallest absolute Gasteiger partial charge is 0.282 e. The van der Waals surface area contributed by atoms with E-state index < -0.39 is 11.9 Å². The first-order valence-corrected chi connectivity index (χ1v) is 20.7. The molecule has 0 radical (unpaired) electrons. The molecule has 0 saturated carbocycles. The molecule has 0 saturated heterocycles. The van der Waals surface area contributed by atoms with Crippen LogP contribution < -0.4 is 0 Å². The molecular weight excluding hydrogens is 624 g/mol. The van der Waals surface area contributed by atoms with Crippen LogP contribution in [0.25, 0.3) is 0 Å². The summed E-state index contributed by atoms with van der Waals surface area (Å²) >= 11 is 0. The molecular formula is C40H82O9. The zero-order valence-electron chi connectivity index (χ0n) is 33.6. The van der Waals surface area contributed by atoms with Crippen LogP contribution in [0.2, 0.25) is 0 Å². The maximum Gasteiger partial charge on any atom is 0.282 e. The van der Waals surface area contributed by atoms with Crippen LogP contribution in [0.3, 0.4) is 0 Å². The van der Waals surface area contributed by atoms with Gasteiger partial charge in [0, 0.05) is 65.7 Å². The van der Waals surface area contributed by atoms with Crippen LogP contribution in [0.4, 0.5) is 0 Å². The SMILES string of the molecule is CCOC(CCCCCCCCCCC(OCC)(OCC)OCC)OC(CCCCCCCCCCC(OCC)(OCC)OCC)OCC. The minimum absolute atomic E-state index is 0.185. The zero-order chi connectivity index (χ0) is 36.3. The van der Waals surface area contributed by atoms with Crippen molar-refractivity contribution in [1.82, 2.24) is 0 Å². The van der Waals surface area contributed by atoms with Crippen molar-refractivity contribution in [2.45, 2.75) is 208 Å². The van der Waals surface area contributed by atoms with Gasteiger partial charge in [-0.2, -0.15) is 0 Å². The number of hydrogen-bond acceptors (Lipinski definition) is 9. The molecule has 0 rings (SSSR count). The molecule has 0 heterocycles. The molecule has 0 aromatic carbocycles. The number of hydrogen-bond donors (Lipinski definition) is 0. The lowest BCUT2D eigenvalue weighted by Crippen LogP contribution is -2.39. The van der Waals surface area contributed by atoms with Gasteiger partial charge in [0.05, 0.1) is 0 Å². The van der Waals surface area contributed by atoms with Gasteiger partial charge in [-0.1, -0.05) is 77.0 Å². The van der Waals surface area contributed by atoms with Gasteiger partial charge in [-0.25, -0.2) is 0 Å². The summed E-state index contributed by atoms with van der Waals surface area (Å²) in [6, 6.07) is 0. The van der Waals surface area contributed by atoms with Crippen LogP contribution >= 0.6 is 0 Å². The Morgan fingerprint density at radius 3 is 0.796 bits per heavy atom. The Morgan fingerprint density at radius 1 is 0.306 bits per heavy atom. The van der Waals surface area contributed by atoms with Crippen molar-refractivity contribution >= 4 is 0 Å². The second-order valence-corrected chi connectivity index (χ2v) is 12.6. The summed E-state index contributed by atoms with van der Waals surface area (Å²) in [4.78, 5) is 0. The van der Waals surface area contributed by atoms with E-state index in [-0.39, 0.29) is 12.6 Å². The topological polar surface area (TPSA) is 83.1 Å². The fraction of sp³-hybridized carbons (Fsp3) is 1.00. The van der Waals surface area contributed by atoms with Crippen molar-refractivity contribution in [2.75, 3.05) is 52.9 Å². The van der Waals surface area contributed by atoms with Gasteiger partial charge in [0.2, 0.25) is 0 Å². The third kappa shape index (κ3) is 26.1. The van der Waals surface area contributed by atoms with Crippen LogP contribution in [0.5, 0.6) is 0 Å². The minimum atomic E-state index is -0.868. The molecule has 2 atom stereocenters. The Balaban J connectivity index is 4.14. The van der Waals surface area contributed by atoms with E-state index in [0.717, 1.165) is 51.4 Å². The summed E-state index contributed by atoms with van der Waals surface area (Å²) in [5.41, 5.74) is 0. The molecule has 296 valence electrons. The lowest BCUT2D eigenvalue weighted by molar-refractivity contribution is -0.380. The average Bonchev–Trinajstić information content (AvgIpc) is 3.07. The minimum Gasteiger partial charge on any atom is -0.353 e. The van der Waals surface area contributed by atoms with Gasteiger partial charge in [0.1, 0.15) is 0 Å². The molecule has 0 bridgehead atoms. The van der Waals surface area contributed by atoms with Gasteiger partial charge in [-0.15, -0.1) is 0 Å². The maximum absolute atomic E-state index is 6.33. The quantitative estimate of drug-likeness (QED) is 0.0456. The molecule has 0 aliphatic carbocycles. The second-order valence-electron chi connectivity index (χ2n) is 12.6. The van der Waals surface area contributed by atoms with Crippen LogP contribution in [0, 0.1) is 0 Å². The fourth-order valence-corrected chi connectivity index (χ4v) is 6.35. The average molecular weight is 707 g/mol. The van der Waals surface area contributed by atoms with Gasteiger partial charge in [0.25, 0.3) is 11.9 Å². The van der Waals surface area contributed by atoms with E-state index in [9.17, 15) is 0 Å². The summed E-state index contributed by atoms with van der Waals surface area (Å²) in [5.74, 6) is -1.74.